The molecule has 0 saturated carbocycles. The predicted octanol–water partition coefficient (Wildman–Crippen LogP) is 1.00. The van der Waals surface area contributed by atoms with Gasteiger partial charge in [0.15, 0.2) is 0 Å². The van der Waals surface area contributed by atoms with Crippen LogP contribution in [0.4, 0.5) is 0 Å². The molecule has 3 atom stereocenters. The summed E-state index contributed by atoms with van der Waals surface area (Å²) < 4.78 is 11.0. The van der Waals surface area contributed by atoms with E-state index in [1.54, 1.807) is 7.11 Å². The summed E-state index contributed by atoms with van der Waals surface area (Å²) in [6, 6.07) is 7.19. The normalized spacial score (nSPS) is 23.9. The van der Waals surface area contributed by atoms with Crippen molar-refractivity contribution < 1.29 is 18.7 Å². The van der Waals surface area contributed by atoms with Crippen LogP contribution in [0.3, 0.4) is 0 Å². The number of carbonyl (C=O) groups excluding carboxylic acids is 2. The number of amides is 2. The van der Waals surface area contributed by atoms with Crippen LogP contribution in [-0.2, 0) is 16.0 Å². The number of benzene rings is 1. The summed E-state index contributed by atoms with van der Waals surface area (Å²) in [5, 5.41) is 14.4. The molecule has 1 aromatic carbocycles. The molecule has 0 unspecified atom stereocenters. The molecule has 2 fully saturated rings. The van der Waals surface area contributed by atoms with Gasteiger partial charge in [-0.2, -0.15) is 0 Å². The molecule has 160 valence electrons. The van der Waals surface area contributed by atoms with Gasteiger partial charge >= 0.3 is 0 Å². The maximum Gasteiger partial charge on any atom is 0.247 e. The average molecular weight is 413 g/mol. The first kappa shape index (κ1) is 20.3. The summed E-state index contributed by atoms with van der Waals surface area (Å²) in [4.78, 5) is 26.6. The average Bonchev–Trinajstić information content (AvgIpc) is 3.38. The van der Waals surface area contributed by atoms with Crippen molar-refractivity contribution in [2.24, 2.45) is 5.92 Å². The molecule has 0 spiro atoms. The van der Waals surface area contributed by atoms with E-state index >= 15 is 0 Å². The van der Waals surface area contributed by atoms with E-state index in [-0.39, 0.29) is 35.9 Å². The summed E-state index contributed by atoms with van der Waals surface area (Å²) >= 11 is 0. The number of carbonyl (C=O) groups is 2. The van der Waals surface area contributed by atoms with Gasteiger partial charge < -0.3 is 19.8 Å². The maximum absolute atomic E-state index is 12.4. The second-order valence-electron chi connectivity index (χ2n) is 8.14. The van der Waals surface area contributed by atoms with Gasteiger partial charge in [-0.05, 0) is 30.7 Å². The van der Waals surface area contributed by atoms with Crippen molar-refractivity contribution in [2.75, 3.05) is 20.2 Å². The number of hydrogen-bond donors (Lipinski definition) is 2. The molecular formula is C21H27N5O4. The zero-order valence-electron chi connectivity index (χ0n) is 17.4. The molecule has 2 amide bonds. The highest BCUT2D eigenvalue weighted by Crippen LogP contribution is 2.27. The van der Waals surface area contributed by atoms with Gasteiger partial charge in [0.25, 0.3) is 0 Å². The molecule has 2 saturated heterocycles. The topological polar surface area (TPSA) is 110 Å². The second-order valence-corrected chi connectivity index (χ2v) is 8.14. The van der Waals surface area contributed by atoms with Gasteiger partial charge in [0.2, 0.25) is 23.6 Å². The number of hydrogen-bond acceptors (Lipinski definition) is 7. The zero-order chi connectivity index (χ0) is 21.3. The summed E-state index contributed by atoms with van der Waals surface area (Å²) in [5.74, 6) is 1.68. The Kier molecular flexibility index (Phi) is 5.72. The first-order valence-electron chi connectivity index (χ1n) is 10.2. The number of fused-ring (bicyclic) bond motifs is 1. The molecule has 4 rings (SSSR count). The van der Waals surface area contributed by atoms with Crippen molar-refractivity contribution in [3.05, 3.63) is 30.2 Å². The molecule has 9 nitrogen and oxygen atoms in total. The second kappa shape index (κ2) is 8.43. The van der Waals surface area contributed by atoms with Crippen LogP contribution in [-0.4, -0.2) is 65.2 Å². The third kappa shape index (κ3) is 4.16. The molecule has 1 aromatic heterocycles. The van der Waals surface area contributed by atoms with E-state index in [0.717, 1.165) is 11.3 Å². The van der Waals surface area contributed by atoms with Crippen LogP contribution in [0.25, 0.3) is 11.5 Å². The van der Waals surface area contributed by atoms with Crippen LogP contribution >= 0.6 is 0 Å². The van der Waals surface area contributed by atoms with Crippen LogP contribution in [0, 0.1) is 5.92 Å². The van der Waals surface area contributed by atoms with E-state index in [2.05, 4.69) is 25.7 Å². The van der Waals surface area contributed by atoms with Crippen molar-refractivity contribution in [1.29, 1.82) is 0 Å². The minimum atomic E-state index is -0.245. The molecule has 2 aliphatic rings. The van der Waals surface area contributed by atoms with E-state index in [4.69, 9.17) is 9.15 Å². The lowest BCUT2D eigenvalue weighted by Gasteiger charge is -2.36. The molecule has 2 aliphatic heterocycles. The number of aromatic nitrogens is 2. The van der Waals surface area contributed by atoms with Crippen LogP contribution in [0.5, 0.6) is 5.75 Å². The number of nitrogens with one attached hydrogen (secondary N) is 2. The highest BCUT2D eigenvalue weighted by atomic mass is 16.5. The maximum atomic E-state index is 12.4. The van der Waals surface area contributed by atoms with Gasteiger partial charge in [0.05, 0.1) is 13.2 Å². The zero-order valence-corrected chi connectivity index (χ0v) is 17.4. The van der Waals surface area contributed by atoms with Gasteiger partial charge in [-0.3, -0.25) is 14.5 Å². The Bertz CT molecular complexity index is 910. The minimum Gasteiger partial charge on any atom is -0.497 e. The summed E-state index contributed by atoms with van der Waals surface area (Å²) in [6.45, 7) is 4.88. The van der Waals surface area contributed by atoms with Crippen LogP contribution < -0.4 is 15.4 Å². The first-order chi connectivity index (χ1) is 14.4. The Labute approximate surface area is 175 Å². The Morgan fingerprint density at radius 2 is 2.10 bits per heavy atom. The van der Waals surface area contributed by atoms with E-state index < -0.39 is 0 Å². The van der Waals surface area contributed by atoms with Gasteiger partial charge in [0.1, 0.15) is 5.75 Å². The van der Waals surface area contributed by atoms with Gasteiger partial charge in [-0.15, -0.1) is 10.2 Å². The lowest BCUT2D eigenvalue weighted by atomic mass is 10.1. The molecule has 0 radical (unpaired) electrons. The third-order valence-corrected chi connectivity index (χ3v) is 5.71. The van der Waals surface area contributed by atoms with Gasteiger partial charge in [-0.25, -0.2) is 0 Å². The number of nitrogens with zero attached hydrogens (tertiary/aromatic N) is 3. The number of ether oxygens (including phenoxy) is 1. The molecule has 2 aromatic rings. The molecule has 3 heterocycles. The summed E-state index contributed by atoms with van der Waals surface area (Å²) in [5.41, 5.74) is 0.821. The fourth-order valence-electron chi connectivity index (χ4n) is 4.03. The van der Waals surface area contributed by atoms with E-state index in [1.807, 2.05) is 38.1 Å². The van der Waals surface area contributed by atoms with E-state index in [9.17, 15) is 9.59 Å². The standard InChI is InChI=1S/C21H27N5O4/c1-12(2)19(27)23-14-8-17-20(28)22-10-15(26(17)11-14)9-18-24-25-21(30-18)13-4-6-16(29-3)7-5-13/h4-7,12,14-15,17H,8-11H2,1-3H3,(H,22,28)(H,23,27)/t14-,15+,17-/m0/s1. The van der Waals surface area contributed by atoms with Crippen molar-refractivity contribution in [3.8, 4) is 17.2 Å². The molecule has 0 aliphatic carbocycles. The lowest BCUT2D eigenvalue weighted by molar-refractivity contribution is -0.129. The highest BCUT2D eigenvalue weighted by Gasteiger charge is 2.44. The fourth-order valence-corrected chi connectivity index (χ4v) is 4.03. The van der Waals surface area contributed by atoms with Crippen molar-refractivity contribution in [3.63, 3.8) is 0 Å². The highest BCUT2D eigenvalue weighted by molar-refractivity contribution is 5.83. The Hall–Kier alpha value is -2.94. The van der Waals surface area contributed by atoms with E-state index in [1.165, 1.54) is 0 Å². The largest absolute Gasteiger partial charge is 0.497 e. The van der Waals surface area contributed by atoms with Crippen LogP contribution in [0.15, 0.2) is 28.7 Å². The Morgan fingerprint density at radius 3 is 2.80 bits per heavy atom. The molecule has 0 bridgehead atoms. The van der Waals surface area contributed by atoms with Crippen molar-refractivity contribution >= 4 is 11.8 Å². The molecular weight excluding hydrogens is 386 g/mol. The first-order valence-corrected chi connectivity index (χ1v) is 10.2. The predicted molar refractivity (Wildman–Crippen MR) is 109 cm³/mol. The van der Waals surface area contributed by atoms with Crippen LogP contribution in [0.1, 0.15) is 26.2 Å². The number of piperazine rings is 1. The molecule has 2 N–H and O–H groups in total. The van der Waals surface area contributed by atoms with Crippen molar-refractivity contribution in [2.45, 2.75) is 44.8 Å². The van der Waals surface area contributed by atoms with Crippen molar-refractivity contribution in [1.82, 2.24) is 25.7 Å². The summed E-state index contributed by atoms with van der Waals surface area (Å²) in [6.07, 6.45) is 1.15. The quantitative estimate of drug-likeness (QED) is 0.727. The van der Waals surface area contributed by atoms with Gasteiger partial charge in [0, 0.05) is 43.1 Å². The Balaban J connectivity index is 1.43. The monoisotopic (exact) mass is 413 g/mol. The Morgan fingerprint density at radius 1 is 1.33 bits per heavy atom. The third-order valence-electron chi connectivity index (χ3n) is 5.71. The lowest BCUT2D eigenvalue weighted by Crippen LogP contribution is -2.58. The molecule has 9 heteroatoms. The van der Waals surface area contributed by atoms with E-state index in [0.29, 0.717) is 37.7 Å². The van der Waals surface area contributed by atoms with Crippen LogP contribution in [0.2, 0.25) is 0 Å². The molecule has 30 heavy (non-hydrogen) atoms. The number of methoxy groups -OCH3 is 1. The minimum absolute atomic E-state index is 0.0111. The SMILES string of the molecule is COc1ccc(-c2nnc(C[C@@H]3CNC(=O)[C@@H]4C[C@H](NC(=O)C(C)C)CN34)o2)cc1. The smallest absolute Gasteiger partial charge is 0.247 e. The van der Waals surface area contributed by atoms with Gasteiger partial charge in [-0.1, -0.05) is 13.8 Å². The summed E-state index contributed by atoms with van der Waals surface area (Å²) in [7, 11) is 1.62. The number of rotatable bonds is 6. The fraction of sp³-hybridized carbons (Fsp3) is 0.524.